The van der Waals surface area contributed by atoms with E-state index in [0.29, 0.717) is 5.56 Å². The smallest absolute Gasteiger partial charge is 0.264 e. The molecular formula is C11H14O3S. The monoisotopic (exact) mass is 226 g/mol. The molecule has 82 valence electrons. The van der Waals surface area contributed by atoms with Gasteiger partial charge in [0.2, 0.25) is 0 Å². The summed E-state index contributed by atoms with van der Waals surface area (Å²) in [7, 11) is -3.67. The van der Waals surface area contributed by atoms with Gasteiger partial charge < -0.3 is 0 Å². The standard InChI is InChI=1S/C11H14O3S/c1-4-10-7-5-6-8-11(10)15(12,13)14-9(2)3/h4-9H,1H2,2-3H3. The molecule has 1 aromatic rings. The number of rotatable bonds is 4. The summed E-state index contributed by atoms with van der Waals surface area (Å²) in [5.41, 5.74) is 0.554. The van der Waals surface area contributed by atoms with Crippen molar-refractivity contribution >= 4 is 16.2 Å². The summed E-state index contributed by atoms with van der Waals surface area (Å²) in [5, 5.41) is 0. The van der Waals surface area contributed by atoms with Gasteiger partial charge in [-0.1, -0.05) is 30.9 Å². The van der Waals surface area contributed by atoms with E-state index in [4.69, 9.17) is 4.18 Å². The molecule has 0 spiro atoms. The quantitative estimate of drug-likeness (QED) is 0.741. The molecule has 0 unspecified atom stereocenters. The van der Waals surface area contributed by atoms with Gasteiger partial charge in [-0.3, -0.25) is 4.18 Å². The van der Waals surface area contributed by atoms with Gasteiger partial charge in [0.25, 0.3) is 10.1 Å². The SMILES string of the molecule is C=Cc1ccccc1S(=O)(=O)OC(C)C. The minimum absolute atomic E-state index is 0.161. The molecule has 0 N–H and O–H groups in total. The van der Waals surface area contributed by atoms with E-state index in [0.717, 1.165) is 0 Å². The fourth-order valence-electron chi connectivity index (χ4n) is 1.18. The van der Waals surface area contributed by atoms with Crippen molar-refractivity contribution in [3.05, 3.63) is 36.4 Å². The van der Waals surface area contributed by atoms with Crippen molar-refractivity contribution in [3.8, 4) is 0 Å². The Balaban J connectivity index is 3.21. The molecule has 1 rings (SSSR count). The van der Waals surface area contributed by atoms with Crippen LogP contribution >= 0.6 is 0 Å². The van der Waals surface area contributed by atoms with Gasteiger partial charge in [0.05, 0.1) is 6.10 Å². The van der Waals surface area contributed by atoms with Crippen LogP contribution in [0, 0.1) is 0 Å². The second-order valence-electron chi connectivity index (χ2n) is 3.34. The fraction of sp³-hybridized carbons (Fsp3) is 0.273. The molecule has 0 bridgehead atoms. The average molecular weight is 226 g/mol. The Kier molecular flexibility index (Phi) is 3.66. The van der Waals surface area contributed by atoms with Crippen LogP contribution in [0.1, 0.15) is 19.4 Å². The minimum Gasteiger partial charge on any atom is -0.264 e. The van der Waals surface area contributed by atoms with E-state index in [1.807, 2.05) is 0 Å². The molecular weight excluding hydrogens is 212 g/mol. The van der Waals surface area contributed by atoms with Crippen LogP contribution in [0.2, 0.25) is 0 Å². The molecule has 3 nitrogen and oxygen atoms in total. The summed E-state index contributed by atoms with van der Waals surface area (Å²) in [4.78, 5) is 0.161. The topological polar surface area (TPSA) is 43.4 Å². The highest BCUT2D eigenvalue weighted by Gasteiger charge is 2.19. The van der Waals surface area contributed by atoms with Crippen LogP contribution in [0.15, 0.2) is 35.7 Å². The van der Waals surface area contributed by atoms with Gasteiger partial charge in [-0.15, -0.1) is 0 Å². The second-order valence-corrected chi connectivity index (χ2v) is 4.88. The molecule has 0 heterocycles. The first-order valence-electron chi connectivity index (χ1n) is 4.62. The molecule has 0 aromatic heterocycles. The molecule has 0 atom stereocenters. The van der Waals surface area contributed by atoms with E-state index in [1.54, 1.807) is 32.0 Å². The Bertz CT molecular complexity index is 447. The molecule has 0 radical (unpaired) electrons. The first-order chi connectivity index (χ1) is 6.97. The number of hydrogen-bond donors (Lipinski definition) is 0. The van der Waals surface area contributed by atoms with Gasteiger partial charge in [-0.2, -0.15) is 8.42 Å². The summed E-state index contributed by atoms with van der Waals surface area (Å²) in [6, 6.07) is 6.60. The molecule has 0 saturated carbocycles. The Morgan fingerprint density at radius 3 is 2.47 bits per heavy atom. The molecule has 0 aliphatic rings. The Hall–Kier alpha value is -1.13. The highest BCUT2D eigenvalue weighted by Crippen LogP contribution is 2.19. The van der Waals surface area contributed by atoms with E-state index in [9.17, 15) is 8.42 Å². The van der Waals surface area contributed by atoms with Crippen LogP contribution in [0.3, 0.4) is 0 Å². The summed E-state index contributed by atoms with van der Waals surface area (Å²) in [6.07, 6.45) is 1.13. The summed E-state index contributed by atoms with van der Waals surface area (Å²) < 4.78 is 28.4. The first-order valence-corrected chi connectivity index (χ1v) is 6.03. The Morgan fingerprint density at radius 1 is 1.33 bits per heavy atom. The largest absolute Gasteiger partial charge is 0.297 e. The normalized spacial score (nSPS) is 11.7. The molecule has 1 aromatic carbocycles. The first kappa shape index (κ1) is 11.9. The zero-order valence-electron chi connectivity index (χ0n) is 8.80. The third-order valence-electron chi connectivity index (χ3n) is 1.73. The average Bonchev–Trinajstić information content (AvgIpc) is 2.16. The molecule has 15 heavy (non-hydrogen) atoms. The van der Waals surface area contributed by atoms with Crippen LogP contribution in [0.5, 0.6) is 0 Å². The van der Waals surface area contributed by atoms with Gasteiger partial charge in [-0.05, 0) is 25.5 Å². The van der Waals surface area contributed by atoms with Gasteiger partial charge >= 0.3 is 0 Å². The van der Waals surface area contributed by atoms with Crippen LogP contribution < -0.4 is 0 Å². The van der Waals surface area contributed by atoms with E-state index in [-0.39, 0.29) is 11.0 Å². The third kappa shape index (κ3) is 2.91. The predicted molar refractivity (Wildman–Crippen MR) is 59.9 cm³/mol. The maximum atomic E-state index is 11.8. The van der Waals surface area contributed by atoms with Crippen molar-refractivity contribution < 1.29 is 12.6 Å². The predicted octanol–water partition coefficient (Wildman–Crippen LogP) is 2.44. The summed E-state index contributed by atoms with van der Waals surface area (Å²) in [6.45, 7) is 6.91. The van der Waals surface area contributed by atoms with Gasteiger partial charge in [0.15, 0.2) is 0 Å². The zero-order valence-corrected chi connectivity index (χ0v) is 9.62. The maximum Gasteiger partial charge on any atom is 0.297 e. The third-order valence-corrected chi connectivity index (χ3v) is 3.28. The number of benzene rings is 1. The van der Waals surface area contributed by atoms with Gasteiger partial charge in [0, 0.05) is 0 Å². The lowest BCUT2D eigenvalue weighted by atomic mass is 10.2. The van der Waals surface area contributed by atoms with Crippen molar-refractivity contribution in [2.75, 3.05) is 0 Å². The molecule has 0 fully saturated rings. The molecule has 4 heteroatoms. The summed E-state index contributed by atoms with van der Waals surface area (Å²) >= 11 is 0. The Morgan fingerprint density at radius 2 is 1.93 bits per heavy atom. The second kappa shape index (κ2) is 4.59. The van der Waals surface area contributed by atoms with Crippen LogP contribution in [-0.4, -0.2) is 14.5 Å². The number of hydrogen-bond acceptors (Lipinski definition) is 3. The van der Waals surface area contributed by atoms with Crippen LogP contribution in [0.25, 0.3) is 6.08 Å². The molecule has 0 saturated heterocycles. The van der Waals surface area contributed by atoms with Crippen molar-refractivity contribution in [3.63, 3.8) is 0 Å². The lowest BCUT2D eigenvalue weighted by Crippen LogP contribution is -2.13. The van der Waals surface area contributed by atoms with E-state index < -0.39 is 10.1 Å². The maximum absolute atomic E-state index is 11.8. The van der Waals surface area contributed by atoms with E-state index in [2.05, 4.69) is 6.58 Å². The fourth-order valence-corrected chi connectivity index (χ4v) is 2.48. The lowest BCUT2D eigenvalue weighted by molar-refractivity contribution is 0.249. The highest BCUT2D eigenvalue weighted by atomic mass is 32.2. The van der Waals surface area contributed by atoms with Crippen LogP contribution in [-0.2, 0) is 14.3 Å². The van der Waals surface area contributed by atoms with E-state index in [1.165, 1.54) is 12.1 Å². The molecule has 0 amide bonds. The van der Waals surface area contributed by atoms with Gasteiger partial charge in [-0.25, -0.2) is 0 Å². The van der Waals surface area contributed by atoms with E-state index >= 15 is 0 Å². The summed E-state index contributed by atoms with van der Waals surface area (Å²) in [5.74, 6) is 0. The van der Waals surface area contributed by atoms with Crippen LogP contribution in [0.4, 0.5) is 0 Å². The lowest BCUT2D eigenvalue weighted by Gasteiger charge is -2.10. The van der Waals surface area contributed by atoms with Crippen molar-refractivity contribution in [2.45, 2.75) is 24.8 Å². The van der Waals surface area contributed by atoms with Crippen molar-refractivity contribution in [1.82, 2.24) is 0 Å². The van der Waals surface area contributed by atoms with Crippen molar-refractivity contribution in [2.24, 2.45) is 0 Å². The van der Waals surface area contributed by atoms with Gasteiger partial charge in [0.1, 0.15) is 4.90 Å². The molecule has 0 aliphatic carbocycles. The highest BCUT2D eigenvalue weighted by molar-refractivity contribution is 7.86. The minimum atomic E-state index is -3.67. The molecule has 0 aliphatic heterocycles. The zero-order chi connectivity index (χ0) is 11.5. The Labute approximate surface area is 90.5 Å². The van der Waals surface area contributed by atoms with Crippen molar-refractivity contribution in [1.29, 1.82) is 0 Å².